The molecule has 1 aromatic heterocycles. The van der Waals surface area contributed by atoms with Crippen molar-refractivity contribution in [2.45, 2.75) is 50.2 Å². The summed E-state index contributed by atoms with van der Waals surface area (Å²) in [5.74, 6) is 1.55. The maximum absolute atomic E-state index is 11.9. The standard InChI is InChI=1S/C24H33N3O4S/c1-32(29,30)26-23-13-14-27(24-12-9-21(28)15-25-24)16-20(23)17-31-22-10-7-19(8-11-22)18-5-3-2-4-6-18/h2-6,9,12,15,19-20,22-23,26,28H,7-8,10-11,13-14,16-17H2,1H3/t19?,20?,22?,23-/m0/s1. The van der Waals surface area contributed by atoms with Crippen LogP contribution in [0.15, 0.2) is 48.7 Å². The molecule has 4 rings (SSSR count). The first kappa shape index (κ1) is 23.0. The monoisotopic (exact) mass is 459 g/mol. The van der Waals surface area contributed by atoms with Gasteiger partial charge in [-0.2, -0.15) is 0 Å². The van der Waals surface area contributed by atoms with Gasteiger partial charge in [-0.05, 0) is 55.7 Å². The summed E-state index contributed by atoms with van der Waals surface area (Å²) in [6.45, 7) is 1.87. The van der Waals surface area contributed by atoms with E-state index in [0.717, 1.165) is 31.5 Å². The lowest BCUT2D eigenvalue weighted by Gasteiger charge is -2.40. The first-order valence-corrected chi connectivity index (χ1v) is 13.3. The van der Waals surface area contributed by atoms with Gasteiger partial charge in [0.1, 0.15) is 11.6 Å². The number of sulfonamides is 1. The number of ether oxygens (including phenoxy) is 1. The van der Waals surface area contributed by atoms with E-state index in [-0.39, 0.29) is 23.8 Å². The molecule has 1 unspecified atom stereocenters. The zero-order valence-corrected chi connectivity index (χ0v) is 19.4. The first-order valence-electron chi connectivity index (χ1n) is 11.4. The third-order valence-corrected chi connectivity index (χ3v) is 7.38. The van der Waals surface area contributed by atoms with Crippen LogP contribution in [0.2, 0.25) is 0 Å². The Morgan fingerprint density at radius 1 is 1.09 bits per heavy atom. The quantitative estimate of drug-likeness (QED) is 0.660. The number of aromatic hydroxyl groups is 1. The number of benzene rings is 1. The molecule has 0 amide bonds. The van der Waals surface area contributed by atoms with Crippen LogP contribution in [-0.2, 0) is 14.8 Å². The van der Waals surface area contributed by atoms with E-state index in [2.05, 4.69) is 44.9 Å². The summed E-state index contributed by atoms with van der Waals surface area (Å²) in [5.41, 5.74) is 1.41. The van der Waals surface area contributed by atoms with Gasteiger partial charge in [-0.25, -0.2) is 18.1 Å². The molecular weight excluding hydrogens is 426 g/mol. The van der Waals surface area contributed by atoms with Crippen LogP contribution in [-0.4, -0.2) is 56.6 Å². The number of pyridine rings is 1. The van der Waals surface area contributed by atoms with Crippen molar-refractivity contribution in [2.75, 3.05) is 30.9 Å². The van der Waals surface area contributed by atoms with Crippen LogP contribution in [0.25, 0.3) is 0 Å². The average molecular weight is 460 g/mol. The van der Waals surface area contributed by atoms with E-state index in [1.165, 1.54) is 18.0 Å². The molecule has 1 aliphatic heterocycles. The van der Waals surface area contributed by atoms with Gasteiger partial charge in [-0.15, -0.1) is 0 Å². The molecule has 0 spiro atoms. The third-order valence-electron chi connectivity index (χ3n) is 6.65. The highest BCUT2D eigenvalue weighted by Gasteiger charge is 2.33. The number of hydrogen-bond acceptors (Lipinski definition) is 6. The Kier molecular flexibility index (Phi) is 7.33. The van der Waals surface area contributed by atoms with E-state index < -0.39 is 10.0 Å². The largest absolute Gasteiger partial charge is 0.506 e. The van der Waals surface area contributed by atoms with E-state index in [4.69, 9.17) is 4.74 Å². The van der Waals surface area contributed by atoms with Gasteiger partial charge < -0.3 is 14.7 Å². The number of rotatable bonds is 7. The zero-order chi connectivity index (χ0) is 22.6. The summed E-state index contributed by atoms with van der Waals surface area (Å²) >= 11 is 0. The van der Waals surface area contributed by atoms with E-state index in [9.17, 15) is 13.5 Å². The molecule has 1 saturated carbocycles. The molecule has 174 valence electrons. The van der Waals surface area contributed by atoms with Gasteiger partial charge >= 0.3 is 0 Å². The fraction of sp³-hybridized carbons (Fsp3) is 0.542. The second-order valence-corrected chi connectivity index (χ2v) is 10.9. The van der Waals surface area contributed by atoms with Crippen molar-refractivity contribution >= 4 is 15.8 Å². The Bertz CT molecular complexity index is 960. The minimum absolute atomic E-state index is 0.0286. The molecule has 1 aromatic carbocycles. The van der Waals surface area contributed by atoms with Gasteiger partial charge in [0.05, 0.1) is 25.2 Å². The summed E-state index contributed by atoms with van der Waals surface area (Å²) < 4.78 is 33.0. The fourth-order valence-electron chi connectivity index (χ4n) is 4.95. The van der Waals surface area contributed by atoms with E-state index in [0.29, 0.717) is 32.0 Å². The van der Waals surface area contributed by atoms with Gasteiger partial charge in [-0.1, -0.05) is 30.3 Å². The van der Waals surface area contributed by atoms with Crippen LogP contribution in [0.4, 0.5) is 5.82 Å². The molecule has 2 fully saturated rings. The highest BCUT2D eigenvalue weighted by atomic mass is 32.2. The molecule has 2 heterocycles. The normalized spacial score (nSPS) is 26.7. The molecule has 1 aliphatic carbocycles. The fourth-order valence-corrected chi connectivity index (χ4v) is 5.81. The van der Waals surface area contributed by atoms with Crippen molar-refractivity contribution in [2.24, 2.45) is 5.92 Å². The molecule has 8 heteroatoms. The zero-order valence-electron chi connectivity index (χ0n) is 18.6. The Hall–Kier alpha value is -2.16. The lowest BCUT2D eigenvalue weighted by Crippen LogP contribution is -2.52. The number of hydrogen-bond donors (Lipinski definition) is 2. The van der Waals surface area contributed by atoms with E-state index >= 15 is 0 Å². The van der Waals surface area contributed by atoms with Gasteiger partial charge in [0.2, 0.25) is 10.0 Å². The Morgan fingerprint density at radius 3 is 2.50 bits per heavy atom. The number of nitrogens with zero attached hydrogens (tertiary/aromatic N) is 2. The molecule has 0 radical (unpaired) electrons. The van der Waals surface area contributed by atoms with Crippen LogP contribution in [0.3, 0.4) is 0 Å². The third kappa shape index (κ3) is 6.21. The predicted octanol–water partition coefficient (Wildman–Crippen LogP) is 3.27. The van der Waals surface area contributed by atoms with Crippen LogP contribution in [0.5, 0.6) is 5.75 Å². The number of anilines is 1. The van der Waals surface area contributed by atoms with Crippen molar-refractivity contribution < 1.29 is 18.3 Å². The van der Waals surface area contributed by atoms with Gasteiger partial charge in [0.15, 0.2) is 0 Å². The van der Waals surface area contributed by atoms with Crippen molar-refractivity contribution in [1.29, 1.82) is 0 Å². The Balaban J connectivity index is 1.35. The van der Waals surface area contributed by atoms with E-state index in [1.807, 2.05) is 0 Å². The first-order chi connectivity index (χ1) is 15.4. The van der Waals surface area contributed by atoms with Crippen molar-refractivity contribution in [3.8, 4) is 5.75 Å². The maximum atomic E-state index is 11.9. The SMILES string of the molecule is CS(=O)(=O)N[C@H]1CCN(c2ccc(O)cn2)CC1COC1CCC(c2ccccc2)CC1. The summed E-state index contributed by atoms with van der Waals surface area (Å²) in [4.78, 5) is 6.46. The molecular formula is C24H33N3O4S. The molecule has 32 heavy (non-hydrogen) atoms. The van der Waals surface area contributed by atoms with Crippen LogP contribution < -0.4 is 9.62 Å². The smallest absolute Gasteiger partial charge is 0.208 e. The molecule has 0 bridgehead atoms. The van der Waals surface area contributed by atoms with E-state index in [1.54, 1.807) is 12.1 Å². The Labute approximate surface area is 190 Å². The van der Waals surface area contributed by atoms with Crippen LogP contribution in [0, 0.1) is 5.92 Å². The van der Waals surface area contributed by atoms with Crippen molar-refractivity contribution in [1.82, 2.24) is 9.71 Å². The van der Waals surface area contributed by atoms with Crippen molar-refractivity contribution in [3.63, 3.8) is 0 Å². The second kappa shape index (κ2) is 10.2. The lowest BCUT2D eigenvalue weighted by molar-refractivity contribution is -0.00213. The predicted molar refractivity (Wildman–Crippen MR) is 125 cm³/mol. The van der Waals surface area contributed by atoms with Gasteiger partial charge in [0.25, 0.3) is 0 Å². The molecule has 2 aromatic rings. The Morgan fingerprint density at radius 2 is 1.84 bits per heavy atom. The molecule has 2 aliphatic rings. The summed E-state index contributed by atoms with van der Waals surface area (Å²) in [7, 11) is -3.30. The molecule has 7 nitrogen and oxygen atoms in total. The topological polar surface area (TPSA) is 91.8 Å². The summed E-state index contributed by atoms with van der Waals surface area (Å²) in [6, 6.07) is 13.9. The van der Waals surface area contributed by atoms with Gasteiger partial charge in [-0.3, -0.25) is 0 Å². The minimum atomic E-state index is -3.30. The van der Waals surface area contributed by atoms with Crippen LogP contribution >= 0.6 is 0 Å². The number of piperidine rings is 1. The second-order valence-electron chi connectivity index (χ2n) is 9.08. The van der Waals surface area contributed by atoms with Crippen LogP contribution in [0.1, 0.15) is 43.6 Å². The summed E-state index contributed by atoms with van der Waals surface area (Å²) in [5, 5.41) is 9.52. The lowest BCUT2D eigenvalue weighted by atomic mass is 9.82. The van der Waals surface area contributed by atoms with Gasteiger partial charge in [0, 0.05) is 25.0 Å². The number of nitrogens with one attached hydrogen (secondary N) is 1. The molecule has 1 saturated heterocycles. The molecule has 2 N–H and O–H groups in total. The molecule has 2 atom stereocenters. The van der Waals surface area contributed by atoms with Crippen molar-refractivity contribution in [3.05, 3.63) is 54.2 Å². The highest BCUT2D eigenvalue weighted by molar-refractivity contribution is 7.88. The number of aromatic nitrogens is 1. The maximum Gasteiger partial charge on any atom is 0.208 e. The minimum Gasteiger partial charge on any atom is -0.506 e. The highest BCUT2D eigenvalue weighted by Crippen LogP contribution is 2.34. The summed E-state index contributed by atoms with van der Waals surface area (Å²) in [6.07, 6.45) is 7.85. The average Bonchev–Trinajstić information content (AvgIpc) is 2.79.